The third-order valence-corrected chi connectivity index (χ3v) is 6.35. The van der Waals surface area contributed by atoms with Gasteiger partial charge in [0.2, 0.25) is 0 Å². The Morgan fingerprint density at radius 1 is 0.733 bits per heavy atom. The minimum Gasteiger partial charge on any atom is -0.488 e. The molecule has 2 saturated heterocycles. The summed E-state index contributed by atoms with van der Waals surface area (Å²) in [6.45, 7) is 14.7. The Labute approximate surface area is 183 Å². The summed E-state index contributed by atoms with van der Waals surface area (Å²) in [5.74, 6) is 1.80. The van der Waals surface area contributed by atoms with Crippen molar-refractivity contribution in [1.82, 2.24) is 19.6 Å². The number of rotatable bonds is 11. The highest BCUT2D eigenvalue weighted by Gasteiger charge is 2.16. The van der Waals surface area contributed by atoms with Gasteiger partial charge in [-0.2, -0.15) is 0 Å². The van der Waals surface area contributed by atoms with E-state index in [1.807, 2.05) is 0 Å². The molecule has 0 atom stereocenters. The summed E-state index contributed by atoms with van der Waals surface area (Å²) >= 11 is 0. The highest BCUT2D eigenvalue weighted by atomic mass is 16.5. The van der Waals surface area contributed by atoms with Gasteiger partial charge < -0.3 is 19.3 Å². The first-order valence-corrected chi connectivity index (χ1v) is 11.8. The number of piperazine rings is 2. The molecule has 0 unspecified atom stereocenters. The van der Waals surface area contributed by atoms with Crippen molar-refractivity contribution in [2.45, 2.75) is 26.2 Å². The first-order chi connectivity index (χ1) is 14.6. The summed E-state index contributed by atoms with van der Waals surface area (Å²) in [7, 11) is 4.39. The zero-order valence-corrected chi connectivity index (χ0v) is 19.4. The summed E-state index contributed by atoms with van der Waals surface area (Å²) < 4.78 is 12.4. The molecule has 0 aliphatic carbocycles. The number of hydrogen-bond acceptors (Lipinski definition) is 6. The Bertz CT molecular complexity index is 611. The normalized spacial score (nSPS) is 19.8. The number of likely N-dealkylation sites (N-methyl/N-ethyl adjacent to an activating group) is 2. The van der Waals surface area contributed by atoms with Crippen molar-refractivity contribution in [1.29, 1.82) is 0 Å². The van der Waals surface area contributed by atoms with Gasteiger partial charge in [-0.05, 0) is 44.6 Å². The van der Waals surface area contributed by atoms with E-state index in [4.69, 9.17) is 9.47 Å². The average Bonchev–Trinajstić information content (AvgIpc) is 2.76. The molecule has 3 rings (SSSR count). The summed E-state index contributed by atoms with van der Waals surface area (Å²) in [5.41, 5.74) is 1.35. The van der Waals surface area contributed by atoms with Crippen LogP contribution in [0.25, 0.3) is 0 Å². The van der Waals surface area contributed by atoms with Gasteiger partial charge in [0.25, 0.3) is 0 Å². The van der Waals surface area contributed by atoms with E-state index in [0.29, 0.717) is 6.61 Å². The van der Waals surface area contributed by atoms with Crippen LogP contribution in [0.3, 0.4) is 0 Å². The number of aryl methyl sites for hydroxylation is 1. The molecule has 0 amide bonds. The van der Waals surface area contributed by atoms with Gasteiger partial charge in [0.1, 0.15) is 13.2 Å². The van der Waals surface area contributed by atoms with Gasteiger partial charge in [-0.25, -0.2) is 0 Å². The molecule has 170 valence electrons. The zero-order chi connectivity index (χ0) is 21.2. The van der Waals surface area contributed by atoms with E-state index < -0.39 is 0 Å². The number of hydrogen-bond donors (Lipinski definition) is 0. The monoisotopic (exact) mass is 418 g/mol. The number of ether oxygens (including phenoxy) is 2. The fourth-order valence-corrected chi connectivity index (χ4v) is 4.03. The molecule has 0 bridgehead atoms. The Morgan fingerprint density at radius 3 is 1.80 bits per heavy atom. The van der Waals surface area contributed by atoms with E-state index in [9.17, 15) is 0 Å². The number of nitrogens with zero attached hydrogens (tertiary/aromatic N) is 4. The summed E-state index contributed by atoms with van der Waals surface area (Å²) in [5, 5.41) is 0. The Morgan fingerprint density at radius 2 is 1.27 bits per heavy atom. The summed E-state index contributed by atoms with van der Waals surface area (Å²) in [6.07, 6.45) is 3.53. The molecule has 6 nitrogen and oxygen atoms in total. The van der Waals surface area contributed by atoms with E-state index in [-0.39, 0.29) is 0 Å². The molecule has 0 aromatic heterocycles. The first-order valence-electron chi connectivity index (χ1n) is 11.8. The van der Waals surface area contributed by atoms with Gasteiger partial charge in [-0.15, -0.1) is 0 Å². The van der Waals surface area contributed by atoms with Crippen LogP contribution in [0.4, 0.5) is 0 Å². The van der Waals surface area contributed by atoms with Gasteiger partial charge in [-0.3, -0.25) is 9.80 Å². The van der Waals surface area contributed by atoms with Crippen molar-refractivity contribution >= 4 is 0 Å². The Hall–Kier alpha value is -1.34. The van der Waals surface area contributed by atoms with Crippen LogP contribution in [0.1, 0.15) is 25.3 Å². The molecule has 0 spiro atoms. The summed E-state index contributed by atoms with van der Waals surface area (Å²) in [4.78, 5) is 9.76. The first kappa shape index (κ1) is 23.3. The quantitative estimate of drug-likeness (QED) is 0.548. The van der Waals surface area contributed by atoms with Crippen molar-refractivity contribution in [3.05, 3.63) is 23.8 Å². The smallest absolute Gasteiger partial charge is 0.161 e. The van der Waals surface area contributed by atoms with E-state index >= 15 is 0 Å². The van der Waals surface area contributed by atoms with Crippen molar-refractivity contribution in [3.63, 3.8) is 0 Å². The second-order valence-electron chi connectivity index (χ2n) is 8.87. The van der Waals surface area contributed by atoms with Gasteiger partial charge >= 0.3 is 0 Å². The molecule has 2 fully saturated rings. The van der Waals surface area contributed by atoms with Gasteiger partial charge in [0.05, 0.1) is 0 Å². The standard InChI is InChI=1S/C24H42N4O2/c1-4-5-6-22-7-8-23(29-19-17-27-13-9-25(2)10-14-27)24(21-22)30-20-18-28-15-11-26(3)12-16-28/h7-8,21H,4-6,9-20H2,1-3H3. The van der Waals surface area contributed by atoms with Crippen LogP contribution in [0.2, 0.25) is 0 Å². The highest BCUT2D eigenvalue weighted by Crippen LogP contribution is 2.29. The van der Waals surface area contributed by atoms with E-state index in [2.05, 4.69) is 58.8 Å². The maximum Gasteiger partial charge on any atom is 0.161 e. The lowest BCUT2D eigenvalue weighted by atomic mass is 10.1. The van der Waals surface area contributed by atoms with E-state index in [0.717, 1.165) is 90.0 Å². The van der Waals surface area contributed by atoms with Crippen molar-refractivity contribution in [3.8, 4) is 11.5 Å². The predicted octanol–water partition coefficient (Wildman–Crippen LogP) is 2.28. The third kappa shape index (κ3) is 7.73. The summed E-state index contributed by atoms with van der Waals surface area (Å²) in [6, 6.07) is 6.51. The second kappa shape index (κ2) is 12.5. The molecule has 2 heterocycles. The lowest BCUT2D eigenvalue weighted by molar-refractivity contribution is 0.126. The second-order valence-corrected chi connectivity index (χ2v) is 8.87. The molecular formula is C24H42N4O2. The molecular weight excluding hydrogens is 376 g/mol. The molecule has 6 heteroatoms. The maximum absolute atomic E-state index is 6.24. The van der Waals surface area contributed by atoms with Crippen LogP contribution in [-0.4, -0.2) is 112 Å². The predicted molar refractivity (Wildman–Crippen MR) is 124 cm³/mol. The molecule has 2 aliphatic heterocycles. The molecule has 30 heavy (non-hydrogen) atoms. The van der Waals surface area contributed by atoms with Crippen LogP contribution in [-0.2, 0) is 6.42 Å². The lowest BCUT2D eigenvalue weighted by Crippen LogP contribution is -2.45. The number of unbranched alkanes of at least 4 members (excludes halogenated alkanes) is 1. The maximum atomic E-state index is 6.24. The van der Waals surface area contributed by atoms with Gasteiger partial charge in [0, 0.05) is 65.4 Å². The molecule has 2 aliphatic rings. The molecule has 0 saturated carbocycles. The van der Waals surface area contributed by atoms with Crippen LogP contribution < -0.4 is 9.47 Å². The van der Waals surface area contributed by atoms with E-state index in [1.54, 1.807) is 0 Å². The Kier molecular flexibility index (Phi) is 9.72. The van der Waals surface area contributed by atoms with Crippen LogP contribution in [0.5, 0.6) is 11.5 Å². The molecule has 1 aromatic carbocycles. The molecule has 1 aromatic rings. The van der Waals surface area contributed by atoms with E-state index in [1.165, 1.54) is 18.4 Å². The topological polar surface area (TPSA) is 31.4 Å². The fourth-order valence-electron chi connectivity index (χ4n) is 4.03. The van der Waals surface area contributed by atoms with Crippen molar-refractivity contribution in [2.75, 3.05) is 92.8 Å². The zero-order valence-electron chi connectivity index (χ0n) is 19.4. The largest absolute Gasteiger partial charge is 0.488 e. The SMILES string of the molecule is CCCCc1ccc(OCCN2CCN(C)CC2)c(OCCN2CCN(C)CC2)c1. The van der Waals surface area contributed by atoms with Crippen molar-refractivity contribution in [2.24, 2.45) is 0 Å². The van der Waals surface area contributed by atoms with Crippen LogP contribution >= 0.6 is 0 Å². The van der Waals surface area contributed by atoms with Crippen LogP contribution in [0.15, 0.2) is 18.2 Å². The average molecular weight is 419 g/mol. The van der Waals surface area contributed by atoms with Gasteiger partial charge in [0.15, 0.2) is 11.5 Å². The molecule has 0 radical (unpaired) electrons. The Balaban J connectivity index is 1.50. The minimum absolute atomic E-state index is 0.715. The minimum atomic E-state index is 0.715. The highest BCUT2D eigenvalue weighted by molar-refractivity contribution is 5.43. The van der Waals surface area contributed by atoms with Crippen molar-refractivity contribution < 1.29 is 9.47 Å². The fraction of sp³-hybridized carbons (Fsp3) is 0.750. The van der Waals surface area contributed by atoms with Crippen LogP contribution in [0, 0.1) is 0 Å². The molecule has 0 N–H and O–H groups in total. The van der Waals surface area contributed by atoms with Gasteiger partial charge in [-0.1, -0.05) is 19.4 Å². The third-order valence-electron chi connectivity index (χ3n) is 6.35. The lowest BCUT2D eigenvalue weighted by Gasteiger charge is -2.32. The number of benzene rings is 1.